The van der Waals surface area contributed by atoms with Gasteiger partial charge in [0.15, 0.2) is 23.9 Å². The number of ether oxygens (including phenoxy) is 3. The number of amides is 1. The molecule has 0 saturated carbocycles. The molecule has 0 fully saturated rings. The average Bonchev–Trinajstić information content (AvgIpc) is 2.72. The van der Waals surface area contributed by atoms with E-state index in [1.54, 1.807) is 6.07 Å². The first-order chi connectivity index (χ1) is 13.9. The van der Waals surface area contributed by atoms with Crippen molar-refractivity contribution >= 4 is 17.7 Å². The lowest BCUT2D eigenvalue weighted by molar-refractivity contribution is -0.128. The van der Waals surface area contributed by atoms with Crippen molar-refractivity contribution in [3.05, 3.63) is 59.7 Å². The summed E-state index contributed by atoms with van der Waals surface area (Å²) in [5, 5.41) is 2.61. The zero-order valence-electron chi connectivity index (χ0n) is 16.8. The van der Waals surface area contributed by atoms with E-state index in [0.29, 0.717) is 24.5 Å². The normalized spacial score (nSPS) is 11.3. The Labute approximate surface area is 170 Å². The van der Waals surface area contributed by atoms with Crippen molar-refractivity contribution in [2.75, 3.05) is 20.3 Å². The summed E-state index contributed by atoms with van der Waals surface area (Å²) in [6.07, 6.45) is 0.367. The van der Waals surface area contributed by atoms with Crippen molar-refractivity contribution in [1.29, 1.82) is 0 Å². The van der Waals surface area contributed by atoms with Gasteiger partial charge in [-0.1, -0.05) is 30.3 Å². The van der Waals surface area contributed by atoms with E-state index in [1.165, 1.54) is 26.2 Å². The molecule has 0 aliphatic rings. The van der Waals surface area contributed by atoms with Gasteiger partial charge in [0.05, 0.1) is 25.3 Å². The molecule has 0 aliphatic carbocycles. The van der Waals surface area contributed by atoms with Crippen molar-refractivity contribution < 1.29 is 28.6 Å². The third-order valence-corrected chi connectivity index (χ3v) is 4.14. The summed E-state index contributed by atoms with van der Waals surface area (Å²) in [4.78, 5) is 36.3. The molecule has 0 saturated heterocycles. The van der Waals surface area contributed by atoms with Gasteiger partial charge < -0.3 is 19.5 Å². The minimum Gasteiger partial charge on any atom is -0.493 e. The van der Waals surface area contributed by atoms with Crippen LogP contribution in [0.15, 0.2) is 48.5 Å². The molecule has 0 spiro atoms. The van der Waals surface area contributed by atoms with Gasteiger partial charge in [-0.3, -0.25) is 9.59 Å². The first kappa shape index (κ1) is 21.9. The Balaban J connectivity index is 1.94. The van der Waals surface area contributed by atoms with Crippen LogP contribution in [0.25, 0.3) is 0 Å². The van der Waals surface area contributed by atoms with Crippen LogP contribution in [0.4, 0.5) is 0 Å². The van der Waals surface area contributed by atoms with Crippen molar-refractivity contribution in [3.8, 4) is 11.5 Å². The molecule has 7 nitrogen and oxygen atoms in total. The number of hydrogen-bond donors (Lipinski definition) is 1. The van der Waals surface area contributed by atoms with Crippen LogP contribution in [0.2, 0.25) is 0 Å². The Bertz CT molecular complexity index is 850. The SMILES string of the molecule is CCOc1cc(C(=O)OCC(=O)NC(Cc2ccccc2)C(C)=O)ccc1OC. The minimum atomic E-state index is -0.686. The third kappa shape index (κ3) is 6.64. The van der Waals surface area contributed by atoms with E-state index in [-0.39, 0.29) is 11.3 Å². The second kappa shape index (κ2) is 10.8. The molecule has 2 aromatic rings. The number of methoxy groups -OCH3 is 1. The first-order valence-electron chi connectivity index (χ1n) is 9.26. The van der Waals surface area contributed by atoms with Gasteiger partial charge in [-0.25, -0.2) is 4.79 Å². The summed E-state index contributed by atoms with van der Waals surface area (Å²) in [5.74, 6) is -0.496. The number of ketones is 1. The van der Waals surface area contributed by atoms with Gasteiger partial charge in [-0.05, 0) is 44.0 Å². The molecule has 0 aromatic heterocycles. The maximum absolute atomic E-state index is 12.3. The highest BCUT2D eigenvalue weighted by atomic mass is 16.5. The molecular weight excluding hydrogens is 374 g/mol. The molecule has 1 amide bonds. The monoisotopic (exact) mass is 399 g/mol. The third-order valence-electron chi connectivity index (χ3n) is 4.14. The molecule has 2 rings (SSSR count). The Kier molecular flexibility index (Phi) is 8.21. The van der Waals surface area contributed by atoms with E-state index in [9.17, 15) is 14.4 Å². The largest absolute Gasteiger partial charge is 0.493 e. The number of esters is 1. The molecular formula is C22H25NO6. The van der Waals surface area contributed by atoms with Crippen LogP contribution in [0.1, 0.15) is 29.8 Å². The van der Waals surface area contributed by atoms with Crippen LogP contribution in [0.5, 0.6) is 11.5 Å². The summed E-state index contributed by atoms with van der Waals surface area (Å²) < 4.78 is 15.7. The standard InChI is InChI=1S/C22H25NO6/c1-4-28-20-13-17(10-11-19(20)27-3)22(26)29-14-21(25)23-18(15(2)24)12-16-8-6-5-7-9-16/h5-11,13,18H,4,12,14H2,1-3H3,(H,23,25). The highest BCUT2D eigenvalue weighted by Crippen LogP contribution is 2.28. The Morgan fingerprint density at radius 1 is 1.03 bits per heavy atom. The molecule has 1 atom stereocenters. The second-order valence-electron chi connectivity index (χ2n) is 6.30. The number of rotatable bonds is 10. The molecule has 0 bridgehead atoms. The highest BCUT2D eigenvalue weighted by Gasteiger charge is 2.19. The smallest absolute Gasteiger partial charge is 0.338 e. The Hall–Kier alpha value is -3.35. The molecule has 1 unspecified atom stereocenters. The Morgan fingerprint density at radius 2 is 1.76 bits per heavy atom. The molecule has 2 aromatic carbocycles. The molecule has 0 heterocycles. The number of Topliss-reactive ketones (excluding diaryl/α,β-unsaturated/α-hetero) is 1. The molecule has 7 heteroatoms. The fourth-order valence-corrected chi connectivity index (χ4v) is 2.67. The fraction of sp³-hybridized carbons (Fsp3) is 0.318. The van der Waals surface area contributed by atoms with Crippen LogP contribution in [0.3, 0.4) is 0 Å². The highest BCUT2D eigenvalue weighted by molar-refractivity contribution is 5.93. The van der Waals surface area contributed by atoms with Crippen LogP contribution >= 0.6 is 0 Å². The Morgan fingerprint density at radius 3 is 2.38 bits per heavy atom. The van der Waals surface area contributed by atoms with E-state index in [2.05, 4.69) is 5.32 Å². The van der Waals surface area contributed by atoms with Gasteiger partial charge in [0.2, 0.25) is 0 Å². The summed E-state index contributed by atoms with van der Waals surface area (Å²) in [5.41, 5.74) is 1.15. The molecule has 154 valence electrons. The number of carbonyl (C=O) groups is 3. The minimum absolute atomic E-state index is 0.176. The first-order valence-corrected chi connectivity index (χ1v) is 9.26. The zero-order chi connectivity index (χ0) is 21.2. The number of benzene rings is 2. The van der Waals surface area contributed by atoms with E-state index >= 15 is 0 Å². The van der Waals surface area contributed by atoms with Crippen molar-refractivity contribution in [2.24, 2.45) is 0 Å². The van der Waals surface area contributed by atoms with Crippen molar-refractivity contribution in [1.82, 2.24) is 5.32 Å². The number of nitrogens with one attached hydrogen (secondary N) is 1. The van der Waals surface area contributed by atoms with Crippen LogP contribution in [-0.4, -0.2) is 44.0 Å². The lowest BCUT2D eigenvalue weighted by Gasteiger charge is -2.16. The quantitative estimate of drug-likeness (QED) is 0.618. The van der Waals surface area contributed by atoms with Gasteiger partial charge in [-0.15, -0.1) is 0 Å². The van der Waals surface area contributed by atoms with E-state index in [4.69, 9.17) is 14.2 Å². The number of hydrogen-bond acceptors (Lipinski definition) is 6. The van der Waals surface area contributed by atoms with Crippen molar-refractivity contribution in [2.45, 2.75) is 26.3 Å². The molecule has 1 N–H and O–H groups in total. The molecule has 29 heavy (non-hydrogen) atoms. The van der Waals surface area contributed by atoms with E-state index < -0.39 is 24.5 Å². The molecule has 0 aliphatic heterocycles. The maximum Gasteiger partial charge on any atom is 0.338 e. The van der Waals surface area contributed by atoms with Crippen LogP contribution < -0.4 is 14.8 Å². The lowest BCUT2D eigenvalue weighted by atomic mass is 10.0. The molecule has 0 radical (unpaired) electrons. The van der Waals surface area contributed by atoms with Crippen LogP contribution in [-0.2, 0) is 20.7 Å². The summed E-state index contributed by atoms with van der Waals surface area (Å²) in [7, 11) is 1.50. The lowest BCUT2D eigenvalue weighted by Crippen LogP contribution is -2.43. The van der Waals surface area contributed by atoms with Gasteiger partial charge in [0.1, 0.15) is 0 Å². The van der Waals surface area contributed by atoms with E-state index in [0.717, 1.165) is 5.56 Å². The van der Waals surface area contributed by atoms with Gasteiger partial charge in [0, 0.05) is 0 Å². The van der Waals surface area contributed by atoms with Gasteiger partial charge in [0.25, 0.3) is 5.91 Å². The maximum atomic E-state index is 12.3. The fourth-order valence-electron chi connectivity index (χ4n) is 2.67. The van der Waals surface area contributed by atoms with Crippen LogP contribution in [0, 0.1) is 0 Å². The van der Waals surface area contributed by atoms with Crippen molar-refractivity contribution in [3.63, 3.8) is 0 Å². The van der Waals surface area contributed by atoms with E-state index in [1.807, 2.05) is 37.3 Å². The van der Waals surface area contributed by atoms with Gasteiger partial charge in [-0.2, -0.15) is 0 Å². The predicted octanol–water partition coefficient (Wildman–Crippen LogP) is 2.57. The summed E-state index contributed by atoms with van der Waals surface area (Å²) in [6, 6.07) is 13.3. The average molecular weight is 399 g/mol. The van der Waals surface area contributed by atoms with Gasteiger partial charge >= 0.3 is 5.97 Å². The second-order valence-corrected chi connectivity index (χ2v) is 6.30. The topological polar surface area (TPSA) is 90.9 Å². The summed E-state index contributed by atoms with van der Waals surface area (Å²) >= 11 is 0. The summed E-state index contributed by atoms with van der Waals surface area (Å²) in [6.45, 7) is 3.14. The number of carbonyl (C=O) groups excluding carboxylic acids is 3. The predicted molar refractivity (Wildman–Crippen MR) is 107 cm³/mol. The zero-order valence-corrected chi connectivity index (χ0v) is 16.8.